The van der Waals surface area contributed by atoms with Crippen LogP contribution in [0.25, 0.3) is 0 Å². The van der Waals surface area contributed by atoms with Crippen molar-refractivity contribution in [2.75, 3.05) is 10.2 Å². The van der Waals surface area contributed by atoms with Crippen molar-refractivity contribution in [2.45, 2.75) is 0 Å². The Labute approximate surface area is 138 Å². The van der Waals surface area contributed by atoms with Gasteiger partial charge in [-0.1, -0.05) is 0 Å². The van der Waals surface area contributed by atoms with Gasteiger partial charge in [0, 0.05) is 49.6 Å². The predicted molar refractivity (Wildman–Crippen MR) is 90.4 cm³/mol. The number of carbonyl (C=O) groups excluding carboxylic acids is 1. The van der Waals surface area contributed by atoms with Crippen LogP contribution in [0.5, 0.6) is 0 Å². The summed E-state index contributed by atoms with van der Waals surface area (Å²) in [6.07, 6.45) is 14.6. The predicted octanol–water partition coefficient (Wildman–Crippen LogP) is 2.52. The molecule has 0 radical (unpaired) electrons. The lowest BCUT2D eigenvalue weighted by Gasteiger charge is -2.32. The first-order valence-corrected chi connectivity index (χ1v) is 7.52. The highest BCUT2D eigenvalue weighted by Gasteiger charge is 2.26. The van der Waals surface area contributed by atoms with E-state index in [1.54, 1.807) is 18.7 Å². The molecule has 0 saturated carbocycles. The minimum Gasteiger partial charge on any atom is -0.245 e. The van der Waals surface area contributed by atoms with Crippen LogP contribution in [0, 0.1) is 0 Å². The smallest absolute Gasteiger partial charge is 0.245 e. The third-order valence-electron chi connectivity index (χ3n) is 3.57. The number of amides is 2. The highest BCUT2D eigenvalue weighted by Crippen LogP contribution is 2.07. The molecule has 24 heavy (non-hydrogen) atoms. The summed E-state index contributed by atoms with van der Waals surface area (Å²) in [5, 5.41) is 3.06. The molecule has 0 saturated heterocycles. The van der Waals surface area contributed by atoms with Gasteiger partial charge in [0.2, 0.25) is 0 Å². The van der Waals surface area contributed by atoms with E-state index in [0.717, 1.165) is 0 Å². The van der Waals surface area contributed by atoms with Crippen molar-refractivity contribution in [2.24, 2.45) is 0 Å². The number of aromatic nitrogens is 4. The van der Waals surface area contributed by atoms with Crippen molar-refractivity contribution < 1.29 is 4.79 Å². The molecule has 7 nitrogen and oxygen atoms in total. The molecule has 0 unspecified atom stereocenters. The van der Waals surface area contributed by atoms with Gasteiger partial charge < -0.3 is 0 Å². The largest absolute Gasteiger partial charge is 0.398 e. The summed E-state index contributed by atoms with van der Waals surface area (Å²) >= 11 is 0. The Kier molecular flexibility index (Phi) is 3.43. The van der Waals surface area contributed by atoms with Crippen molar-refractivity contribution in [3.05, 3.63) is 98.1 Å². The number of rotatable bonds is 4. The lowest BCUT2D eigenvalue weighted by atomic mass is 10.7. The molecule has 0 aliphatic heterocycles. The zero-order valence-corrected chi connectivity index (χ0v) is 12.8. The van der Waals surface area contributed by atoms with Crippen molar-refractivity contribution in [1.82, 2.24) is 18.7 Å². The zero-order chi connectivity index (χ0) is 16.4. The minimum absolute atomic E-state index is 0.255. The normalized spacial score (nSPS) is 10.7. The van der Waals surface area contributed by atoms with Gasteiger partial charge in [0.15, 0.2) is 0 Å². The van der Waals surface area contributed by atoms with Crippen molar-refractivity contribution in [3.8, 4) is 0 Å². The zero-order valence-electron chi connectivity index (χ0n) is 12.8. The summed E-state index contributed by atoms with van der Waals surface area (Å²) in [5.74, 6) is 0. The average Bonchev–Trinajstić information content (AvgIpc) is 3.38. The molecular formula is C17H16N6O. The Hall–Kier alpha value is -3.61. The van der Waals surface area contributed by atoms with Gasteiger partial charge in [-0.15, -0.1) is 10.2 Å². The first-order chi connectivity index (χ1) is 11.8. The first-order valence-electron chi connectivity index (χ1n) is 7.52. The Morgan fingerprint density at radius 2 is 0.667 bits per heavy atom. The van der Waals surface area contributed by atoms with Crippen LogP contribution in [-0.2, 0) is 0 Å². The lowest BCUT2D eigenvalue weighted by Crippen LogP contribution is -2.56. The topological polar surface area (TPSA) is 43.3 Å². The molecule has 4 rings (SSSR count). The second kappa shape index (κ2) is 5.88. The van der Waals surface area contributed by atoms with Crippen LogP contribution in [0.2, 0.25) is 0 Å². The highest BCUT2D eigenvalue weighted by molar-refractivity contribution is 5.92. The number of hydrogen-bond donors (Lipinski definition) is 0. The van der Waals surface area contributed by atoms with E-state index in [0.29, 0.717) is 0 Å². The second-order valence-corrected chi connectivity index (χ2v) is 5.11. The van der Waals surface area contributed by atoms with Crippen LogP contribution in [0.4, 0.5) is 4.79 Å². The molecule has 7 heteroatoms. The van der Waals surface area contributed by atoms with Gasteiger partial charge in [0.05, 0.1) is 0 Å². The van der Waals surface area contributed by atoms with Gasteiger partial charge in [-0.05, 0) is 48.5 Å². The van der Waals surface area contributed by atoms with Crippen molar-refractivity contribution in [1.29, 1.82) is 0 Å². The summed E-state index contributed by atoms with van der Waals surface area (Å²) in [5.41, 5.74) is 0. The van der Waals surface area contributed by atoms with Crippen molar-refractivity contribution >= 4 is 6.03 Å². The van der Waals surface area contributed by atoms with Gasteiger partial charge in [-0.25, -0.2) is 23.5 Å². The van der Waals surface area contributed by atoms with E-state index in [1.807, 2.05) is 98.1 Å². The van der Waals surface area contributed by atoms with Crippen LogP contribution in [-0.4, -0.2) is 24.7 Å². The summed E-state index contributed by atoms with van der Waals surface area (Å²) in [7, 11) is 0. The molecular weight excluding hydrogens is 304 g/mol. The molecule has 0 aliphatic carbocycles. The maximum atomic E-state index is 13.4. The number of urea groups is 1. The van der Waals surface area contributed by atoms with Gasteiger partial charge in [0.1, 0.15) is 0 Å². The monoisotopic (exact) mass is 320 g/mol. The lowest BCUT2D eigenvalue weighted by molar-refractivity contribution is 0.233. The standard InChI is InChI=1S/C17H16N6O/c24-17(22(18-9-1-2-10-18)19-11-3-4-12-19)23(20-13-5-6-14-20)21-15-7-8-16-21/h1-16H. The van der Waals surface area contributed by atoms with Gasteiger partial charge in [-0.3, -0.25) is 0 Å². The van der Waals surface area contributed by atoms with E-state index >= 15 is 0 Å². The van der Waals surface area contributed by atoms with E-state index in [1.165, 1.54) is 10.2 Å². The molecule has 0 atom stereocenters. The quantitative estimate of drug-likeness (QED) is 0.570. The molecule has 0 aromatic carbocycles. The van der Waals surface area contributed by atoms with Crippen LogP contribution in [0.3, 0.4) is 0 Å². The third kappa shape index (κ3) is 2.38. The molecule has 0 spiro atoms. The molecule has 0 fully saturated rings. The Balaban J connectivity index is 1.80. The van der Waals surface area contributed by atoms with E-state index < -0.39 is 0 Å². The summed E-state index contributed by atoms with van der Waals surface area (Å²) in [6.45, 7) is 0. The van der Waals surface area contributed by atoms with Crippen LogP contribution < -0.4 is 10.2 Å². The molecule has 0 N–H and O–H groups in total. The Morgan fingerprint density at radius 1 is 0.458 bits per heavy atom. The average molecular weight is 320 g/mol. The van der Waals surface area contributed by atoms with E-state index in [-0.39, 0.29) is 6.03 Å². The van der Waals surface area contributed by atoms with Gasteiger partial charge >= 0.3 is 6.03 Å². The molecule has 4 aromatic rings. The first kappa shape index (κ1) is 14.0. The summed E-state index contributed by atoms with van der Waals surface area (Å²) in [6, 6.07) is 14.7. The molecule has 2 amide bonds. The highest BCUT2D eigenvalue weighted by atomic mass is 16.2. The number of nitrogens with zero attached hydrogens (tertiary/aromatic N) is 6. The van der Waals surface area contributed by atoms with Crippen molar-refractivity contribution in [3.63, 3.8) is 0 Å². The molecule has 4 heterocycles. The fourth-order valence-corrected chi connectivity index (χ4v) is 2.52. The maximum absolute atomic E-state index is 13.4. The second-order valence-electron chi connectivity index (χ2n) is 5.11. The fourth-order valence-electron chi connectivity index (χ4n) is 2.52. The SMILES string of the molecule is O=C(N(n1cccc1)n1cccc1)N(n1cccc1)n1cccc1. The van der Waals surface area contributed by atoms with Crippen LogP contribution in [0.1, 0.15) is 0 Å². The van der Waals surface area contributed by atoms with E-state index in [2.05, 4.69) is 0 Å². The number of hydrogen-bond acceptors (Lipinski definition) is 1. The van der Waals surface area contributed by atoms with E-state index in [4.69, 9.17) is 0 Å². The van der Waals surface area contributed by atoms with Crippen LogP contribution >= 0.6 is 0 Å². The minimum atomic E-state index is -0.255. The molecule has 0 bridgehead atoms. The number of carbonyl (C=O) groups is 1. The fraction of sp³-hybridized carbons (Fsp3) is 0. The summed E-state index contributed by atoms with van der Waals surface area (Å²) < 4.78 is 6.90. The Morgan fingerprint density at radius 3 is 0.875 bits per heavy atom. The van der Waals surface area contributed by atoms with E-state index in [9.17, 15) is 4.79 Å². The van der Waals surface area contributed by atoms with Gasteiger partial charge in [-0.2, -0.15) is 0 Å². The van der Waals surface area contributed by atoms with Crippen LogP contribution in [0.15, 0.2) is 98.1 Å². The molecule has 0 aliphatic rings. The Bertz CT molecular complexity index is 732. The van der Waals surface area contributed by atoms with Gasteiger partial charge in [0.25, 0.3) is 0 Å². The summed E-state index contributed by atoms with van der Waals surface area (Å²) in [4.78, 5) is 13.4. The maximum Gasteiger partial charge on any atom is 0.398 e. The molecule has 4 aromatic heterocycles. The third-order valence-corrected chi connectivity index (χ3v) is 3.57. The molecule has 120 valence electrons.